The summed E-state index contributed by atoms with van der Waals surface area (Å²) in [7, 11) is 1.72. The SMILES string of the molecule is COc1ccc(Br)c(CNC2CN3CCC2CC3)c1. The summed E-state index contributed by atoms with van der Waals surface area (Å²) in [5, 5.41) is 3.73. The molecule has 3 heterocycles. The number of nitrogens with one attached hydrogen (secondary N) is 1. The molecule has 3 saturated heterocycles. The first-order valence-corrected chi connectivity index (χ1v) is 7.83. The summed E-state index contributed by atoms with van der Waals surface area (Å²) in [6.45, 7) is 4.72. The topological polar surface area (TPSA) is 24.5 Å². The highest BCUT2D eigenvalue weighted by Crippen LogP contribution is 2.28. The minimum Gasteiger partial charge on any atom is -0.497 e. The maximum Gasteiger partial charge on any atom is 0.119 e. The molecule has 0 radical (unpaired) electrons. The molecule has 1 N–H and O–H groups in total. The van der Waals surface area contributed by atoms with Crippen molar-refractivity contribution in [2.75, 3.05) is 26.7 Å². The van der Waals surface area contributed by atoms with Gasteiger partial charge >= 0.3 is 0 Å². The van der Waals surface area contributed by atoms with Gasteiger partial charge in [-0.1, -0.05) is 15.9 Å². The number of rotatable bonds is 4. The summed E-state index contributed by atoms with van der Waals surface area (Å²) in [6.07, 6.45) is 2.72. The first-order valence-electron chi connectivity index (χ1n) is 7.04. The van der Waals surface area contributed by atoms with Gasteiger partial charge in [0.25, 0.3) is 0 Å². The average molecular weight is 325 g/mol. The molecule has 104 valence electrons. The van der Waals surface area contributed by atoms with E-state index in [1.165, 1.54) is 38.0 Å². The fourth-order valence-electron chi connectivity index (χ4n) is 3.25. The quantitative estimate of drug-likeness (QED) is 0.921. The maximum atomic E-state index is 5.29. The van der Waals surface area contributed by atoms with Crippen LogP contribution in [0.2, 0.25) is 0 Å². The molecule has 1 aromatic rings. The number of methoxy groups -OCH3 is 1. The molecule has 4 heteroatoms. The molecule has 0 amide bonds. The Morgan fingerprint density at radius 2 is 2.16 bits per heavy atom. The molecule has 0 aromatic heterocycles. The van der Waals surface area contributed by atoms with Crippen molar-refractivity contribution in [2.24, 2.45) is 5.92 Å². The standard InChI is InChI=1S/C15H21BrN2O/c1-19-13-2-3-14(16)12(8-13)9-17-15-10-18-6-4-11(15)5-7-18/h2-3,8,11,15,17H,4-7,9-10H2,1H3. The van der Waals surface area contributed by atoms with E-state index in [0.717, 1.165) is 22.7 Å². The van der Waals surface area contributed by atoms with Gasteiger partial charge in [-0.25, -0.2) is 0 Å². The van der Waals surface area contributed by atoms with Crippen LogP contribution < -0.4 is 10.1 Å². The van der Waals surface area contributed by atoms with Crippen LogP contribution in [0.5, 0.6) is 5.75 Å². The monoisotopic (exact) mass is 324 g/mol. The van der Waals surface area contributed by atoms with Crippen LogP contribution in [0.3, 0.4) is 0 Å². The second kappa shape index (κ2) is 5.81. The number of benzene rings is 1. The molecule has 19 heavy (non-hydrogen) atoms. The summed E-state index contributed by atoms with van der Waals surface area (Å²) in [6, 6.07) is 6.81. The lowest BCUT2D eigenvalue weighted by Gasteiger charge is -2.45. The molecule has 0 saturated carbocycles. The molecule has 1 unspecified atom stereocenters. The van der Waals surface area contributed by atoms with Gasteiger partial charge in [-0.3, -0.25) is 0 Å². The molecule has 2 bridgehead atoms. The fourth-order valence-corrected chi connectivity index (χ4v) is 3.64. The number of nitrogens with zero attached hydrogens (tertiary/aromatic N) is 1. The van der Waals surface area contributed by atoms with Crippen molar-refractivity contribution in [1.29, 1.82) is 0 Å². The Morgan fingerprint density at radius 1 is 1.37 bits per heavy atom. The fraction of sp³-hybridized carbons (Fsp3) is 0.600. The molecular formula is C15H21BrN2O. The first-order chi connectivity index (χ1) is 9.26. The summed E-state index contributed by atoms with van der Waals surface area (Å²) >= 11 is 3.62. The van der Waals surface area contributed by atoms with Gasteiger partial charge in [0.2, 0.25) is 0 Å². The number of piperidine rings is 3. The van der Waals surface area contributed by atoms with Crippen molar-refractivity contribution in [2.45, 2.75) is 25.4 Å². The minimum atomic E-state index is 0.653. The first kappa shape index (κ1) is 13.4. The van der Waals surface area contributed by atoms with Crippen molar-refractivity contribution >= 4 is 15.9 Å². The van der Waals surface area contributed by atoms with Crippen LogP contribution in [0.15, 0.2) is 22.7 Å². The Hall–Kier alpha value is -0.580. The highest BCUT2D eigenvalue weighted by Gasteiger charge is 2.33. The lowest BCUT2D eigenvalue weighted by atomic mass is 9.84. The van der Waals surface area contributed by atoms with Gasteiger partial charge in [-0.15, -0.1) is 0 Å². The second-order valence-electron chi connectivity index (χ2n) is 5.58. The Bertz CT molecular complexity index is 444. The van der Waals surface area contributed by atoms with Crippen molar-refractivity contribution in [3.05, 3.63) is 28.2 Å². The zero-order chi connectivity index (χ0) is 13.2. The van der Waals surface area contributed by atoms with Gasteiger partial charge in [0, 0.05) is 23.6 Å². The molecule has 4 rings (SSSR count). The van der Waals surface area contributed by atoms with Crippen LogP contribution >= 0.6 is 15.9 Å². The third-order valence-electron chi connectivity index (χ3n) is 4.46. The van der Waals surface area contributed by atoms with Crippen LogP contribution in [0.1, 0.15) is 18.4 Å². The highest BCUT2D eigenvalue weighted by atomic mass is 79.9. The molecule has 3 fully saturated rings. The third kappa shape index (κ3) is 2.96. The number of fused-ring (bicyclic) bond motifs is 3. The van der Waals surface area contributed by atoms with Gasteiger partial charge in [0.05, 0.1) is 7.11 Å². The molecule has 3 aliphatic rings. The van der Waals surface area contributed by atoms with Gasteiger partial charge in [0.15, 0.2) is 0 Å². The lowest BCUT2D eigenvalue weighted by Crippen LogP contribution is -2.55. The van der Waals surface area contributed by atoms with E-state index in [2.05, 4.69) is 38.3 Å². The van der Waals surface area contributed by atoms with E-state index in [1.807, 2.05) is 6.07 Å². The third-order valence-corrected chi connectivity index (χ3v) is 5.24. The van der Waals surface area contributed by atoms with Crippen LogP contribution in [-0.2, 0) is 6.54 Å². The predicted octanol–water partition coefficient (Wildman–Crippen LogP) is 2.64. The highest BCUT2D eigenvalue weighted by molar-refractivity contribution is 9.10. The minimum absolute atomic E-state index is 0.653. The van der Waals surface area contributed by atoms with E-state index < -0.39 is 0 Å². The summed E-state index contributed by atoms with van der Waals surface area (Å²) in [4.78, 5) is 2.58. The van der Waals surface area contributed by atoms with Gasteiger partial charge in [-0.05, 0) is 55.6 Å². The number of ether oxygens (including phenoxy) is 1. The molecule has 1 aromatic carbocycles. The van der Waals surface area contributed by atoms with Crippen LogP contribution in [0.25, 0.3) is 0 Å². The number of halogens is 1. The van der Waals surface area contributed by atoms with Crippen molar-refractivity contribution in [1.82, 2.24) is 10.2 Å². The van der Waals surface area contributed by atoms with Crippen molar-refractivity contribution in [3.63, 3.8) is 0 Å². The number of hydrogen-bond acceptors (Lipinski definition) is 3. The zero-order valence-electron chi connectivity index (χ0n) is 11.4. The van der Waals surface area contributed by atoms with Crippen molar-refractivity contribution < 1.29 is 4.74 Å². The van der Waals surface area contributed by atoms with E-state index in [4.69, 9.17) is 4.74 Å². The summed E-state index contributed by atoms with van der Waals surface area (Å²) in [5.41, 5.74) is 1.27. The molecule has 3 aliphatic heterocycles. The van der Waals surface area contributed by atoms with Gasteiger partial charge in [0.1, 0.15) is 5.75 Å². The summed E-state index contributed by atoms with van der Waals surface area (Å²) < 4.78 is 6.45. The molecule has 3 nitrogen and oxygen atoms in total. The smallest absolute Gasteiger partial charge is 0.119 e. The lowest BCUT2D eigenvalue weighted by molar-refractivity contribution is 0.0720. The summed E-state index contributed by atoms with van der Waals surface area (Å²) in [5.74, 6) is 1.79. The Kier molecular flexibility index (Phi) is 4.10. The zero-order valence-corrected chi connectivity index (χ0v) is 12.9. The predicted molar refractivity (Wildman–Crippen MR) is 80.5 cm³/mol. The number of hydrogen-bond donors (Lipinski definition) is 1. The second-order valence-corrected chi connectivity index (χ2v) is 6.44. The van der Waals surface area contributed by atoms with E-state index in [9.17, 15) is 0 Å². The van der Waals surface area contributed by atoms with E-state index in [0.29, 0.717) is 6.04 Å². The molecular weight excluding hydrogens is 304 g/mol. The Morgan fingerprint density at radius 3 is 2.79 bits per heavy atom. The molecule has 1 atom stereocenters. The maximum absolute atomic E-state index is 5.29. The van der Waals surface area contributed by atoms with E-state index in [1.54, 1.807) is 7.11 Å². The van der Waals surface area contributed by atoms with Crippen molar-refractivity contribution in [3.8, 4) is 5.75 Å². The van der Waals surface area contributed by atoms with Crippen LogP contribution in [-0.4, -0.2) is 37.7 Å². The normalized spacial score (nSPS) is 29.5. The largest absolute Gasteiger partial charge is 0.497 e. The van der Waals surface area contributed by atoms with Crippen LogP contribution in [0, 0.1) is 5.92 Å². The Balaban J connectivity index is 1.63. The molecule has 0 aliphatic carbocycles. The van der Waals surface area contributed by atoms with E-state index in [-0.39, 0.29) is 0 Å². The van der Waals surface area contributed by atoms with Gasteiger partial charge in [-0.2, -0.15) is 0 Å². The average Bonchev–Trinajstić information content (AvgIpc) is 2.48. The Labute approximate surface area is 123 Å². The molecule has 0 spiro atoms. The van der Waals surface area contributed by atoms with Crippen LogP contribution in [0.4, 0.5) is 0 Å². The van der Waals surface area contributed by atoms with E-state index >= 15 is 0 Å². The van der Waals surface area contributed by atoms with Gasteiger partial charge < -0.3 is 15.0 Å².